The van der Waals surface area contributed by atoms with Crippen LogP contribution >= 0.6 is 0 Å². The molecule has 0 saturated carbocycles. The van der Waals surface area contributed by atoms with Gasteiger partial charge in [0.25, 0.3) is 0 Å². The van der Waals surface area contributed by atoms with Gasteiger partial charge in [-0.3, -0.25) is 0 Å². The van der Waals surface area contributed by atoms with E-state index < -0.39 is 20.0 Å². The Labute approximate surface area is 183 Å². The van der Waals surface area contributed by atoms with Gasteiger partial charge in [-0.1, -0.05) is 69.3 Å². The molecule has 0 aromatic heterocycles. The molecule has 0 aliphatic rings. The van der Waals surface area contributed by atoms with Crippen molar-refractivity contribution in [3.8, 4) is 11.1 Å². The molecule has 0 atom stereocenters. The summed E-state index contributed by atoms with van der Waals surface area (Å²) in [5.74, 6) is 0. The van der Waals surface area contributed by atoms with Crippen LogP contribution in [0.2, 0.25) is 18.1 Å². The minimum absolute atomic E-state index is 0.201. The van der Waals surface area contributed by atoms with Crippen LogP contribution in [0.4, 0.5) is 4.79 Å². The standard InChI is InChI=1S/C25H37NO3Si/c1-24(2,3)29-23(27)26-17-21-11-9-10-12-22(21)20-15-13-19(14-16-20)18-28-30(7,8)25(4,5)6/h9-16H,17-18H2,1-8H3,(H,26,27). The molecule has 1 amide bonds. The van der Waals surface area contributed by atoms with Crippen molar-refractivity contribution in [2.45, 2.75) is 78.4 Å². The highest BCUT2D eigenvalue weighted by atomic mass is 28.4. The van der Waals surface area contributed by atoms with Gasteiger partial charge in [0.05, 0.1) is 6.61 Å². The number of carbonyl (C=O) groups is 1. The minimum atomic E-state index is -1.76. The summed E-state index contributed by atoms with van der Waals surface area (Å²) in [7, 11) is -1.76. The molecule has 5 heteroatoms. The van der Waals surface area contributed by atoms with E-state index in [9.17, 15) is 4.79 Å². The fourth-order valence-corrected chi connectivity index (χ4v) is 3.66. The molecule has 2 rings (SSSR count). The van der Waals surface area contributed by atoms with Gasteiger partial charge in [0.15, 0.2) is 8.32 Å². The Morgan fingerprint density at radius 1 is 0.933 bits per heavy atom. The molecule has 2 aromatic carbocycles. The van der Waals surface area contributed by atoms with E-state index in [1.807, 2.05) is 39.0 Å². The second-order valence-corrected chi connectivity index (χ2v) is 15.1. The van der Waals surface area contributed by atoms with E-state index >= 15 is 0 Å². The molecular weight excluding hydrogens is 390 g/mol. The zero-order valence-corrected chi connectivity index (χ0v) is 20.8. The largest absolute Gasteiger partial charge is 0.444 e. The van der Waals surface area contributed by atoms with Gasteiger partial charge < -0.3 is 14.5 Å². The van der Waals surface area contributed by atoms with E-state index in [1.165, 1.54) is 5.56 Å². The quantitative estimate of drug-likeness (QED) is 0.510. The van der Waals surface area contributed by atoms with Gasteiger partial charge in [0, 0.05) is 6.54 Å². The Morgan fingerprint density at radius 3 is 2.10 bits per heavy atom. The first-order valence-electron chi connectivity index (χ1n) is 10.6. The van der Waals surface area contributed by atoms with Crippen LogP contribution in [-0.4, -0.2) is 20.0 Å². The molecule has 1 N–H and O–H groups in total. The lowest BCUT2D eigenvalue weighted by atomic mass is 9.99. The average Bonchev–Trinajstić information content (AvgIpc) is 2.63. The Kier molecular flexibility index (Phi) is 7.53. The van der Waals surface area contributed by atoms with E-state index in [0.29, 0.717) is 13.2 Å². The second kappa shape index (κ2) is 9.35. The summed E-state index contributed by atoms with van der Waals surface area (Å²) >= 11 is 0. The van der Waals surface area contributed by atoms with Crippen molar-refractivity contribution in [3.05, 3.63) is 59.7 Å². The van der Waals surface area contributed by atoms with Crippen LogP contribution in [0.3, 0.4) is 0 Å². The summed E-state index contributed by atoms with van der Waals surface area (Å²) in [5.41, 5.74) is 3.94. The van der Waals surface area contributed by atoms with E-state index in [4.69, 9.17) is 9.16 Å². The minimum Gasteiger partial charge on any atom is -0.444 e. The number of hydrogen-bond acceptors (Lipinski definition) is 3. The highest BCUT2D eigenvalue weighted by molar-refractivity contribution is 6.74. The van der Waals surface area contributed by atoms with Crippen LogP contribution in [0.15, 0.2) is 48.5 Å². The van der Waals surface area contributed by atoms with Crippen molar-refractivity contribution in [2.75, 3.05) is 0 Å². The Bertz CT molecular complexity index is 846. The molecule has 0 spiro atoms. The molecule has 4 nitrogen and oxygen atoms in total. The molecule has 0 aliphatic carbocycles. The van der Waals surface area contributed by atoms with Crippen LogP contribution in [0.1, 0.15) is 52.7 Å². The zero-order valence-electron chi connectivity index (χ0n) is 19.8. The van der Waals surface area contributed by atoms with Crippen molar-refractivity contribution in [2.24, 2.45) is 0 Å². The summed E-state index contributed by atoms with van der Waals surface area (Å²) < 4.78 is 11.7. The predicted octanol–water partition coefficient (Wildman–Crippen LogP) is 6.90. The van der Waals surface area contributed by atoms with Crippen LogP contribution in [0, 0.1) is 0 Å². The van der Waals surface area contributed by atoms with Crippen LogP contribution in [-0.2, 0) is 22.3 Å². The summed E-state index contributed by atoms with van der Waals surface area (Å²) in [6.07, 6.45) is -0.407. The number of benzene rings is 2. The van der Waals surface area contributed by atoms with Gasteiger partial charge in [-0.2, -0.15) is 0 Å². The third-order valence-electron chi connectivity index (χ3n) is 5.51. The molecule has 30 heavy (non-hydrogen) atoms. The van der Waals surface area contributed by atoms with Gasteiger partial charge in [-0.15, -0.1) is 0 Å². The molecule has 0 heterocycles. The van der Waals surface area contributed by atoms with Crippen LogP contribution in [0.25, 0.3) is 11.1 Å². The first kappa shape index (κ1) is 24.2. The summed E-state index contributed by atoms with van der Waals surface area (Å²) in [4.78, 5) is 12.0. The molecule has 0 fully saturated rings. The summed E-state index contributed by atoms with van der Waals surface area (Å²) in [5, 5.41) is 3.05. The molecular formula is C25H37NO3Si. The lowest BCUT2D eigenvalue weighted by Gasteiger charge is -2.36. The van der Waals surface area contributed by atoms with Crippen molar-refractivity contribution in [3.63, 3.8) is 0 Å². The third kappa shape index (κ3) is 6.99. The van der Waals surface area contributed by atoms with Crippen molar-refractivity contribution < 1.29 is 14.0 Å². The molecule has 0 saturated heterocycles. The lowest BCUT2D eigenvalue weighted by Crippen LogP contribution is -2.40. The van der Waals surface area contributed by atoms with Gasteiger partial charge in [-0.25, -0.2) is 4.79 Å². The highest BCUT2D eigenvalue weighted by Gasteiger charge is 2.37. The van der Waals surface area contributed by atoms with Crippen molar-refractivity contribution in [1.29, 1.82) is 0 Å². The number of nitrogens with one attached hydrogen (secondary N) is 1. The van der Waals surface area contributed by atoms with Gasteiger partial charge >= 0.3 is 6.09 Å². The number of amides is 1. The Hall–Kier alpha value is -2.11. The zero-order chi connectivity index (χ0) is 22.6. The first-order valence-corrected chi connectivity index (χ1v) is 13.5. The van der Waals surface area contributed by atoms with Crippen molar-refractivity contribution >= 4 is 14.4 Å². The topological polar surface area (TPSA) is 47.6 Å². The monoisotopic (exact) mass is 427 g/mol. The lowest BCUT2D eigenvalue weighted by molar-refractivity contribution is 0.0523. The van der Waals surface area contributed by atoms with Crippen molar-refractivity contribution in [1.82, 2.24) is 5.32 Å². The molecule has 0 bridgehead atoms. The Balaban J connectivity index is 2.07. The number of ether oxygens (including phenoxy) is 1. The maximum absolute atomic E-state index is 12.0. The van der Waals surface area contributed by atoms with E-state index in [-0.39, 0.29) is 5.04 Å². The van der Waals surface area contributed by atoms with E-state index in [2.05, 4.69) is 69.5 Å². The number of carbonyl (C=O) groups excluding carboxylic acids is 1. The van der Waals surface area contributed by atoms with Crippen LogP contribution < -0.4 is 5.32 Å². The normalized spacial score (nSPS) is 12.5. The second-order valence-electron chi connectivity index (χ2n) is 10.3. The maximum Gasteiger partial charge on any atom is 0.407 e. The molecule has 0 unspecified atom stereocenters. The van der Waals surface area contributed by atoms with Gasteiger partial charge in [-0.05, 0) is 61.2 Å². The number of alkyl carbamates (subject to hydrolysis) is 1. The highest BCUT2D eigenvalue weighted by Crippen LogP contribution is 2.37. The van der Waals surface area contributed by atoms with E-state index in [1.54, 1.807) is 0 Å². The van der Waals surface area contributed by atoms with Gasteiger partial charge in [0.2, 0.25) is 0 Å². The summed E-state index contributed by atoms with van der Waals surface area (Å²) in [6, 6.07) is 16.6. The fraction of sp³-hybridized carbons (Fsp3) is 0.480. The summed E-state index contributed by atoms with van der Waals surface area (Å²) in [6.45, 7) is 17.9. The fourth-order valence-electron chi connectivity index (χ4n) is 2.70. The number of rotatable bonds is 6. The molecule has 0 aliphatic heterocycles. The molecule has 0 radical (unpaired) electrons. The molecule has 2 aromatic rings. The van der Waals surface area contributed by atoms with Gasteiger partial charge in [0.1, 0.15) is 5.60 Å². The number of hydrogen-bond donors (Lipinski definition) is 1. The SMILES string of the molecule is CC(C)(C)OC(=O)NCc1ccccc1-c1ccc(CO[Si](C)(C)C(C)(C)C)cc1. The van der Waals surface area contributed by atoms with Crippen LogP contribution in [0.5, 0.6) is 0 Å². The molecule has 164 valence electrons. The smallest absolute Gasteiger partial charge is 0.407 e. The van der Waals surface area contributed by atoms with E-state index in [0.717, 1.165) is 16.7 Å². The first-order chi connectivity index (χ1) is 13.8. The third-order valence-corrected chi connectivity index (χ3v) is 9.99. The Morgan fingerprint density at radius 2 is 1.53 bits per heavy atom. The maximum atomic E-state index is 12.0. The average molecular weight is 428 g/mol. The predicted molar refractivity (Wildman–Crippen MR) is 127 cm³/mol.